The molecule has 1 aromatic heterocycles. The van der Waals surface area contributed by atoms with Crippen LogP contribution in [0.4, 0.5) is 0 Å². The van der Waals surface area contributed by atoms with Crippen molar-refractivity contribution in [3.63, 3.8) is 0 Å². The molecule has 0 aliphatic carbocycles. The van der Waals surface area contributed by atoms with Gasteiger partial charge in [0.05, 0.1) is 12.0 Å². The largest absolute Gasteiger partial charge is 0.355 e. The number of hydrogen-bond donors (Lipinski definition) is 1. The summed E-state index contributed by atoms with van der Waals surface area (Å²) in [6.45, 7) is 9.64. The topological polar surface area (TPSA) is 49.4 Å². The van der Waals surface area contributed by atoms with Crippen LogP contribution in [0.15, 0.2) is 41.8 Å². The number of thiophene rings is 1. The van der Waals surface area contributed by atoms with E-state index in [9.17, 15) is 9.59 Å². The van der Waals surface area contributed by atoms with Gasteiger partial charge < -0.3 is 10.2 Å². The van der Waals surface area contributed by atoms with Crippen LogP contribution >= 0.6 is 11.3 Å². The molecule has 0 saturated carbocycles. The fraction of sp³-hybridized carbons (Fsp3) is 0.455. The second-order valence-corrected chi connectivity index (χ2v) is 8.99. The Balaban J connectivity index is 2.10. The second-order valence-electron chi connectivity index (χ2n) is 8.02. The van der Waals surface area contributed by atoms with E-state index in [0.29, 0.717) is 30.5 Å². The Morgan fingerprint density at radius 2 is 1.85 bits per heavy atom. The van der Waals surface area contributed by atoms with E-state index < -0.39 is 5.92 Å². The van der Waals surface area contributed by atoms with Crippen molar-refractivity contribution in [2.75, 3.05) is 13.1 Å². The van der Waals surface area contributed by atoms with Gasteiger partial charge in [0, 0.05) is 23.5 Å². The van der Waals surface area contributed by atoms with Crippen molar-refractivity contribution in [3.05, 3.63) is 57.8 Å². The van der Waals surface area contributed by atoms with E-state index >= 15 is 0 Å². The van der Waals surface area contributed by atoms with Crippen LogP contribution in [0.3, 0.4) is 0 Å². The molecule has 0 fully saturated rings. The summed E-state index contributed by atoms with van der Waals surface area (Å²) in [5.74, 6) is 0.318. The zero-order valence-corrected chi connectivity index (χ0v) is 17.3. The summed E-state index contributed by atoms with van der Waals surface area (Å²) in [4.78, 5) is 29.5. The van der Waals surface area contributed by atoms with E-state index in [1.807, 2.05) is 46.7 Å². The summed E-state index contributed by atoms with van der Waals surface area (Å²) in [7, 11) is 0. The molecule has 1 aliphatic heterocycles. The maximum Gasteiger partial charge on any atom is 0.254 e. The molecule has 0 bridgehead atoms. The van der Waals surface area contributed by atoms with Gasteiger partial charge in [-0.05, 0) is 34.9 Å². The molecule has 5 heteroatoms. The van der Waals surface area contributed by atoms with E-state index in [-0.39, 0.29) is 17.9 Å². The molecular formula is C22H28N2O2S. The minimum Gasteiger partial charge on any atom is -0.355 e. The minimum atomic E-state index is -0.393. The number of rotatable bonds is 6. The summed E-state index contributed by atoms with van der Waals surface area (Å²) in [6.07, 6.45) is 0. The highest BCUT2D eigenvalue weighted by molar-refractivity contribution is 7.10. The van der Waals surface area contributed by atoms with Crippen molar-refractivity contribution >= 4 is 23.2 Å². The first-order valence-corrected chi connectivity index (χ1v) is 10.5. The number of benzene rings is 1. The lowest BCUT2D eigenvalue weighted by molar-refractivity contribution is -0.124. The van der Waals surface area contributed by atoms with Crippen LogP contribution < -0.4 is 5.32 Å². The molecule has 4 nitrogen and oxygen atoms in total. The molecule has 2 amide bonds. The predicted octanol–water partition coefficient (Wildman–Crippen LogP) is 4.46. The van der Waals surface area contributed by atoms with Crippen LogP contribution in [-0.4, -0.2) is 29.8 Å². The van der Waals surface area contributed by atoms with E-state index in [2.05, 4.69) is 33.0 Å². The summed E-state index contributed by atoms with van der Waals surface area (Å²) in [6, 6.07) is 11.3. The Bertz CT molecular complexity index is 798. The molecular weight excluding hydrogens is 356 g/mol. The quantitative estimate of drug-likeness (QED) is 0.799. The van der Waals surface area contributed by atoms with Gasteiger partial charge in [-0.2, -0.15) is 0 Å². The first kappa shape index (κ1) is 19.6. The van der Waals surface area contributed by atoms with Crippen molar-refractivity contribution in [2.24, 2.45) is 11.8 Å². The first-order valence-electron chi connectivity index (χ1n) is 9.61. The normalized spacial score (nSPS) is 19.5. The average Bonchev–Trinajstić information content (AvgIpc) is 3.15. The zero-order valence-electron chi connectivity index (χ0n) is 16.4. The molecule has 3 rings (SSSR count). The Labute approximate surface area is 165 Å². The van der Waals surface area contributed by atoms with Crippen molar-refractivity contribution in [3.8, 4) is 0 Å². The third-order valence-corrected chi connectivity index (χ3v) is 5.75. The Morgan fingerprint density at radius 1 is 1.11 bits per heavy atom. The van der Waals surface area contributed by atoms with Crippen molar-refractivity contribution in [2.45, 2.75) is 39.7 Å². The molecule has 0 spiro atoms. The van der Waals surface area contributed by atoms with Gasteiger partial charge in [-0.1, -0.05) is 52.0 Å². The van der Waals surface area contributed by atoms with E-state index in [4.69, 9.17) is 0 Å². The first-order chi connectivity index (χ1) is 12.9. The highest BCUT2D eigenvalue weighted by Crippen LogP contribution is 2.44. The number of amides is 2. The number of fused-ring (bicyclic) bond motifs is 1. The van der Waals surface area contributed by atoms with Gasteiger partial charge in [-0.15, -0.1) is 11.3 Å². The highest BCUT2D eigenvalue weighted by Gasteiger charge is 2.44. The van der Waals surface area contributed by atoms with Gasteiger partial charge in [0.25, 0.3) is 5.91 Å². The summed E-state index contributed by atoms with van der Waals surface area (Å²) in [5.41, 5.74) is 1.48. The molecule has 27 heavy (non-hydrogen) atoms. The second kappa shape index (κ2) is 8.26. The van der Waals surface area contributed by atoms with E-state index in [1.165, 1.54) is 0 Å². The van der Waals surface area contributed by atoms with Gasteiger partial charge in [-0.3, -0.25) is 9.59 Å². The number of hydrogen-bond acceptors (Lipinski definition) is 3. The standard InChI is InChI=1S/C22H28N2O2S/c1-14(2)12-23-21(25)19-16-8-5-6-9-17(16)22(26)24(13-15(3)4)20(19)18-10-7-11-27-18/h5-11,14-15,19-20H,12-13H2,1-4H3,(H,23,25). The van der Waals surface area contributed by atoms with Crippen molar-refractivity contribution in [1.82, 2.24) is 10.2 Å². The van der Waals surface area contributed by atoms with Crippen molar-refractivity contribution in [1.29, 1.82) is 0 Å². The van der Waals surface area contributed by atoms with Gasteiger partial charge >= 0.3 is 0 Å². The third-order valence-electron chi connectivity index (χ3n) is 4.80. The van der Waals surface area contributed by atoms with Crippen LogP contribution in [0.5, 0.6) is 0 Å². The number of carbonyl (C=O) groups excluding carboxylic acids is 2. The molecule has 1 aliphatic rings. The van der Waals surface area contributed by atoms with Crippen molar-refractivity contribution < 1.29 is 9.59 Å². The number of carbonyl (C=O) groups is 2. The zero-order chi connectivity index (χ0) is 19.6. The monoisotopic (exact) mass is 384 g/mol. The van der Waals surface area contributed by atoms with E-state index in [0.717, 1.165) is 10.4 Å². The highest BCUT2D eigenvalue weighted by atomic mass is 32.1. The fourth-order valence-corrected chi connectivity index (χ4v) is 4.53. The molecule has 144 valence electrons. The third kappa shape index (κ3) is 4.08. The van der Waals surface area contributed by atoms with Crippen LogP contribution in [0.2, 0.25) is 0 Å². The van der Waals surface area contributed by atoms with E-state index in [1.54, 1.807) is 11.3 Å². The number of nitrogens with zero attached hydrogens (tertiary/aromatic N) is 1. The molecule has 2 heterocycles. The Hall–Kier alpha value is -2.14. The molecule has 1 aromatic carbocycles. The molecule has 2 atom stereocenters. The average molecular weight is 385 g/mol. The number of nitrogens with one attached hydrogen (secondary N) is 1. The van der Waals surface area contributed by atoms with Crippen LogP contribution in [0.1, 0.15) is 60.5 Å². The SMILES string of the molecule is CC(C)CNC(=O)C1c2ccccc2C(=O)N(CC(C)C)C1c1cccs1. The van der Waals surface area contributed by atoms with Gasteiger partial charge in [0.15, 0.2) is 0 Å². The Morgan fingerprint density at radius 3 is 2.48 bits per heavy atom. The Kier molecular flexibility index (Phi) is 6.00. The summed E-state index contributed by atoms with van der Waals surface area (Å²) < 4.78 is 0. The van der Waals surface area contributed by atoms with Gasteiger partial charge in [-0.25, -0.2) is 0 Å². The maximum absolute atomic E-state index is 13.3. The van der Waals surface area contributed by atoms with Crippen LogP contribution in [0.25, 0.3) is 0 Å². The van der Waals surface area contributed by atoms with Gasteiger partial charge in [0.1, 0.15) is 0 Å². The maximum atomic E-state index is 13.3. The van der Waals surface area contributed by atoms with Crippen LogP contribution in [0, 0.1) is 11.8 Å². The fourth-order valence-electron chi connectivity index (χ4n) is 3.66. The smallest absolute Gasteiger partial charge is 0.254 e. The molecule has 0 radical (unpaired) electrons. The minimum absolute atomic E-state index is 0.00388. The molecule has 2 aromatic rings. The predicted molar refractivity (Wildman–Crippen MR) is 110 cm³/mol. The lowest BCUT2D eigenvalue weighted by Gasteiger charge is -2.42. The lowest BCUT2D eigenvalue weighted by atomic mass is 9.81. The summed E-state index contributed by atoms with van der Waals surface area (Å²) >= 11 is 1.61. The lowest BCUT2D eigenvalue weighted by Crippen LogP contribution is -2.48. The molecule has 0 saturated heterocycles. The van der Waals surface area contributed by atoms with Crippen LogP contribution in [-0.2, 0) is 4.79 Å². The molecule has 2 unspecified atom stereocenters. The molecule has 1 N–H and O–H groups in total. The summed E-state index contributed by atoms with van der Waals surface area (Å²) in [5, 5.41) is 5.11. The van der Waals surface area contributed by atoms with Gasteiger partial charge in [0.2, 0.25) is 5.91 Å².